The Balaban J connectivity index is 0.0000000830. The quantitative estimate of drug-likeness (QED) is 0.140. The molecule has 0 atom stereocenters. The Hall–Kier alpha value is -13.0. The number of hydrogen-bond acceptors (Lipinski definition) is 17. The number of hydrogen-bond donors (Lipinski definition) is 0. The fourth-order valence-corrected chi connectivity index (χ4v) is 19.3. The van der Waals surface area contributed by atoms with Crippen LogP contribution in [-0.4, -0.2) is 63.5 Å². The number of nitrogens with zero attached hydrogens (tertiary/aromatic N) is 18. The summed E-state index contributed by atoms with van der Waals surface area (Å²) in [6, 6.07) is 30.2. The molecule has 22 nitrogen and oxygen atoms in total. The van der Waals surface area contributed by atoms with Gasteiger partial charge in [0.1, 0.15) is 52.2 Å². The maximum atomic E-state index is 7.92. The minimum absolute atomic E-state index is 0.547. The van der Waals surface area contributed by atoms with Crippen LogP contribution < -0.4 is 22.8 Å². The molecule has 1 aromatic carbocycles. The van der Waals surface area contributed by atoms with Crippen molar-refractivity contribution in [2.75, 3.05) is 0 Å². The van der Waals surface area contributed by atoms with E-state index in [9.17, 15) is 0 Å². The third-order valence-electron chi connectivity index (χ3n) is 20.0. The van der Waals surface area contributed by atoms with E-state index in [-0.39, 0.29) is 0 Å². The molecule has 0 fully saturated rings. The molecule has 21 aromatic rings. The van der Waals surface area contributed by atoms with Crippen LogP contribution in [0.1, 0.15) is 31.9 Å². The summed E-state index contributed by atoms with van der Waals surface area (Å²) in [4.78, 5) is 43.4. The van der Waals surface area contributed by atoms with Gasteiger partial charge in [0, 0.05) is 181 Å². The lowest BCUT2D eigenvalue weighted by atomic mass is 10.2. The summed E-state index contributed by atoms with van der Waals surface area (Å²) in [5.41, 5.74) is 22.6. The first-order valence-corrected chi connectivity index (χ1v) is 35.6. The summed E-state index contributed by atoms with van der Waals surface area (Å²) in [6.07, 6.45) is 36.7. The number of pyridine rings is 10. The summed E-state index contributed by atoms with van der Waals surface area (Å²) in [5, 5.41) is 7.77. The van der Waals surface area contributed by atoms with Crippen molar-refractivity contribution in [2.24, 2.45) is 14.0 Å². The van der Waals surface area contributed by atoms with E-state index in [0.29, 0.717) is 34.6 Å². The second-order valence-corrected chi connectivity index (χ2v) is 28.6. The van der Waals surface area contributed by atoms with Gasteiger partial charge in [-0.2, -0.15) is 22.8 Å². The summed E-state index contributed by atoms with van der Waals surface area (Å²) in [6.45, 7) is 1.60. The zero-order valence-corrected chi connectivity index (χ0v) is 56.6. The average Bonchev–Trinajstić information content (AvgIpc) is 1.55. The van der Waals surface area contributed by atoms with E-state index in [1.54, 1.807) is 54.6 Å². The van der Waals surface area contributed by atoms with E-state index >= 15 is 0 Å². The predicted molar refractivity (Wildman–Crippen MR) is 389 cm³/mol. The van der Waals surface area contributed by atoms with Crippen LogP contribution in [0.2, 0.25) is 0 Å². The van der Waals surface area contributed by atoms with Crippen LogP contribution >= 0.6 is 34.0 Å². The number of para-hydroxylation sites is 1. The van der Waals surface area contributed by atoms with Crippen LogP contribution in [0.15, 0.2) is 233 Å². The predicted octanol–water partition coefficient (Wildman–Crippen LogP) is 13.5. The molecule has 0 amide bonds. The normalized spacial score (nSPS) is 13.5. The van der Waals surface area contributed by atoms with Crippen molar-refractivity contribution in [1.82, 2.24) is 63.5 Å². The van der Waals surface area contributed by atoms with Crippen molar-refractivity contribution in [1.29, 1.82) is 0 Å². The lowest BCUT2D eigenvalue weighted by molar-refractivity contribution is -0.652. The molecule has 5 aliphatic rings. The van der Waals surface area contributed by atoms with Gasteiger partial charge in [-0.25, -0.2) is 9.13 Å². The van der Waals surface area contributed by atoms with E-state index in [1.165, 1.54) is 72.3 Å². The monoisotopic (exact) mass is 1400 g/mol. The van der Waals surface area contributed by atoms with Crippen LogP contribution in [0, 0.1) is 0 Å². The second-order valence-electron chi connectivity index (χ2n) is 25.5. The van der Waals surface area contributed by atoms with Gasteiger partial charge in [-0.1, -0.05) is 52.2 Å². The highest BCUT2D eigenvalue weighted by atomic mass is 32.1. The van der Waals surface area contributed by atoms with Gasteiger partial charge in [0.2, 0.25) is 16.7 Å². The van der Waals surface area contributed by atoms with Crippen molar-refractivity contribution in [3.63, 3.8) is 0 Å². The highest BCUT2D eigenvalue weighted by Crippen LogP contribution is 2.44. The Labute approximate surface area is 596 Å². The van der Waals surface area contributed by atoms with Gasteiger partial charge < -0.3 is 17.7 Å². The van der Waals surface area contributed by atoms with Crippen molar-refractivity contribution in [2.45, 2.75) is 32.7 Å². The molecule has 0 unspecified atom stereocenters. The minimum atomic E-state index is -2.31. The number of benzene rings is 1. The van der Waals surface area contributed by atoms with E-state index < -0.39 is 6.98 Å². The standard InChI is InChI=1S/C20H13N4O.2C15H11N4O.C14H8N3OS.C14H8N3S2/c1-2-4-14(5-3-1)24-17-7-9-22-11-16(17)18-19(24)23-12-13-10-21-8-6-15(13)20(23)25-18;2*1-18-12-3-5-17-7-11(12)13-14(18)19-8-9-6-16-4-2-10(9)15(19)20-13;1-3-15-5-8-7-17-13-12(19-14(17)9(1)8)10-6-16-4-2-11(10)18-13;1-3-15-5-8-7-17-13(9(1)8)19-12-10-6-16-4-2-11(10)18-14(12)17/h1-11H,12H2;2*2-7H,8H2,1H3;2*1-6H,7H2/q5*+1/i;1D3;;;. The van der Waals surface area contributed by atoms with Crippen molar-refractivity contribution in [3.8, 4) is 61.2 Å². The summed E-state index contributed by atoms with van der Waals surface area (Å²) in [7, 11) is 2.06. The van der Waals surface area contributed by atoms with E-state index in [0.717, 1.165) is 127 Å². The Bertz CT molecular complexity index is 7100. The van der Waals surface area contributed by atoms with Gasteiger partial charge in [-0.3, -0.25) is 49.8 Å². The Kier molecular flexibility index (Phi) is 11.9. The number of aromatic nitrogens is 18. The van der Waals surface area contributed by atoms with Gasteiger partial charge in [-0.15, -0.1) is 4.57 Å². The van der Waals surface area contributed by atoms with Crippen LogP contribution in [0.3, 0.4) is 0 Å². The molecule has 0 spiro atoms. The molecular weight excluding hydrogens is 1350 g/mol. The molecule has 5 aliphatic heterocycles. The Morgan fingerprint density at radius 1 is 0.369 bits per heavy atom. The van der Waals surface area contributed by atoms with Gasteiger partial charge in [-0.05, 0) is 48.5 Å². The van der Waals surface area contributed by atoms with Gasteiger partial charge in [0.25, 0.3) is 32.5 Å². The molecule has 0 radical (unpaired) electrons. The highest BCUT2D eigenvalue weighted by Gasteiger charge is 2.40. The highest BCUT2D eigenvalue weighted by molar-refractivity contribution is 7.32. The van der Waals surface area contributed by atoms with Crippen LogP contribution in [0.25, 0.3) is 169 Å². The summed E-state index contributed by atoms with van der Waals surface area (Å²) < 4.78 is 68.9. The number of rotatable bonds is 1. The smallest absolute Gasteiger partial charge is 0.393 e. The maximum Gasteiger partial charge on any atom is 0.393 e. The summed E-state index contributed by atoms with van der Waals surface area (Å²) >= 11 is 5.49. The second kappa shape index (κ2) is 22.3. The van der Waals surface area contributed by atoms with Crippen molar-refractivity contribution >= 4 is 141 Å². The molecule has 490 valence electrons. The largest absolute Gasteiger partial charge is 0.413 e. The molecule has 25 heteroatoms. The zero-order chi connectivity index (χ0) is 70.2. The molecule has 25 heterocycles. The molecular formula is C78H51N18O4S3+5. The molecule has 20 aromatic heterocycles. The lowest BCUT2D eigenvalue weighted by Gasteiger charge is -2.00. The lowest BCUT2D eigenvalue weighted by Crippen LogP contribution is -2.32. The number of oxazole rings is 3. The molecule has 0 aliphatic carbocycles. The fraction of sp³-hybridized carbons (Fsp3) is 0.0897. The van der Waals surface area contributed by atoms with Crippen LogP contribution in [0.4, 0.5) is 0 Å². The van der Waals surface area contributed by atoms with Crippen molar-refractivity contribution in [3.05, 3.63) is 243 Å². The molecule has 0 saturated heterocycles. The Morgan fingerprint density at radius 2 is 0.786 bits per heavy atom. The number of fused-ring (bicyclic) bond motifs is 35. The first-order valence-electron chi connectivity index (χ1n) is 34.6. The summed E-state index contributed by atoms with van der Waals surface area (Å²) in [5.74, 6) is 2.46. The third-order valence-corrected chi connectivity index (χ3v) is 23.8. The average molecular weight is 1400 g/mol. The van der Waals surface area contributed by atoms with Crippen molar-refractivity contribution < 1.29 is 44.6 Å². The number of aryl methyl sites for hydroxylation is 2. The third kappa shape index (κ3) is 8.54. The molecule has 103 heavy (non-hydrogen) atoms. The first kappa shape index (κ1) is 54.9. The first-order chi connectivity index (χ1) is 52.1. The molecule has 0 bridgehead atoms. The van der Waals surface area contributed by atoms with Gasteiger partial charge in [0.05, 0.1) is 73.1 Å². The van der Waals surface area contributed by atoms with Crippen LogP contribution in [-0.2, 0) is 46.7 Å². The maximum absolute atomic E-state index is 7.92. The number of thiazole rings is 2. The zero-order valence-electron chi connectivity index (χ0n) is 57.2. The van der Waals surface area contributed by atoms with E-state index in [1.807, 2.05) is 156 Å². The topological polar surface area (TPSA) is 216 Å². The van der Waals surface area contributed by atoms with E-state index in [2.05, 4.69) is 127 Å². The van der Waals surface area contributed by atoms with E-state index in [4.69, 9.17) is 21.8 Å². The fourth-order valence-electron chi connectivity index (χ4n) is 15.3. The molecule has 0 N–H and O–H groups in total. The van der Waals surface area contributed by atoms with Crippen LogP contribution in [0.5, 0.6) is 0 Å². The number of furan rings is 1. The van der Waals surface area contributed by atoms with Gasteiger partial charge >= 0.3 is 22.7 Å². The molecule has 26 rings (SSSR count). The SMILES string of the molecule is Cn1c2ccncc2c2oc3[n+](c21)Cc1cnccc1-3.[2H]C([2H])([2H])n1c2ccncc2c2oc3[n+](c21)Cc1cnccc1-3.c1cc2c(cn1)C[n+]1c-2sc2c3cnccc3oc21.c1cc2c(cn1)C[n+]1c-2sc2c3cnccc3sc21.c1ccc(-n2c3ccncc3c3oc4[n+](c32)Cc2cnccc2-4)cc1. The minimum Gasteiger partial charge on any atom is -0.413 e. The number of thiophene rings is 1. The Morgan fingerprint density at radius 3 is 1.37 bits per heavy atom. The molecule has 0 saturated carbocycles. The van der Waals surface area contributed by atoms with Gasteiger partial charge in [0.15, 0.2) is 17.8 Å².